The molecule has 0 radical (unpaired) electrons. The Hall–Kier alpha value is -2.06. The van der Waals surface area contributed by atoms with E-state index in [-0.39, 0.29) is 11.8 Å². The normalized spacial score (nSPS) is 15.4. The van der Waals surface area contributed by atoms with Gasteiger partial charge in [-0.15, -0.1) is 0 Å². The molecule has 27 heavy (non-hydrogen) atoms. The summed E-state index contributed by atoms with van der Waals surface area (Å²) in [4.78, 5) is 21.1. The number of fused-ring (bicyclic) bond motifs is 1. The molecule has 1 aliphatic rings. The van der Waals surface area contributed by atoms with Crippen LogP contribution in [0.1, 0.15) is 13.8 Å². The molecule has 0 spiro atoms. The average molecular weight is 393 g/mol. The topological polar surface area (TPSA) is 66.9 Å². The minimum Gasteiger partial charge on any atom is -0.495 e. The molecule has 3 rings (SSSR count). The largest absolute Gasteiger partial charge is 0.495 e. The summed E-state index contributed by atoms with van der Waals surface area (Å²) in [5.74, 6) is 1.75. The van der Waals surface area contributed by atoms with Crippen LogP contribution in [-0.2, 0) is 4.79 Å². The van der Waals surface area contributed by atoms with Crippen LogP contribution in [0.4, 0.5) is 5.13 Å². The maximum atomic E-state index is 11.6. The van der Waals surface area contributed by atoms with Gasteiger partial charge >= 0.3 is 0 Å². The van der Waals surface area contributed by atoms with Crippen molar-refractivity contribution in [1.82, 2.24) is 15.2 Å². The Morgan fingerprint density at radius 1 is 1.19 bits per heavy atom. The summed E-state index contributed by atoms with van der Waals surface area (Å²) in [5, 5.41) is 3.98. The zero-order valence-corrected chi connectivity index (χ0v) is 17.3. The highest BCUT2D eigenvalue weighted by atomic mass is 32.1. The molecule has 0 bridgehead atoms. The molecular formula is C19H28N4O3S. The van der Waals surface area contributed by atoms with Crippen molar-refractivity contribution in [3.05, 3.63) is 12.1 Å². The molecule has 8 heteroatoms. The quantitative estimate of drug-likeness (QED) is 0.779. The maximum absolute atomic E-state index is 11.6. The summed E-state index contributed by atoms with van der Waals surface area (Å²) >= 11 is 1.65. The Morgan fingerprint density at radius 3 is 2.48 bits per heavy atom. The Labute approximate surface area is 164 Å². The average Bonchev–Trinajstić information content (AvgIpc) is 3.13. The molecule has 2 aromatic rings. The summed E-state index contributed by atoms with van der Waals surface area (Å²) in [6.45, 7) is 9.17. The van der Waals surface area contributed by atoms with E-state index in [0.717, 1.165) is 59.6 Å². The molecule has 7 nitrogen and oxygen atoms in total. The number of methoxy groups -OCH3 is 2. The Morgan fingerprint density at radius 2 is 1.85 bits per heavy atom. The van der Waals surface area contributed by atoms with E-state index in [2.05, 4.69) is 15.1 Å². The molecule has 1 aliphatic heterocycles. The lowest BCUT2D eigenvalue weighted by Crippen LogP contribution is -2.48. The number of amides is 1. The van der Waals surface area contributed by atoms with Gasteiger partial charge in [0.15, 0.2) is 5.13 Å². The van der Waals surface area contributed by atoms with E-state index in [1.165, 1.54) is 0 Å². The molecule has 0 aliphatic carbocycles. The monoisotopic (exact) mass is 392 g/mol. The van der Waals surface area contributed by atoms with Gasteiger partial charge in [0, 0.05) is 45.2 Å². The fourth-order valence-electron chi connectivity index (χ4n) is 3.11. The van der Waals surface area contributed by atoms with E-state index < -0.39 is 0 Å². The number of thiazole rings is 1. The minimum atomic E-state index is 0.0369. The first kappa shape index (κ1) is 19.7. The van der Waals surface area contributed by atoms with Gasteiger partial charge in [-0.05, 0) is 12.1 Å². The molecule has 0 atom stereocenters. The highest BCUT2D eigenvalue weighted by molar-refractivity contribution is 7.22. The third-order valence-corrected chi connectivity index (χ3v) is 5.92. The number of hydrogen-bond acceptors (Lipinski definition) is 7. The summed E-state index contributed by atoms with van der Waals surface area (Å²) < 4.78 is 12.0. The molecule has 2 heterocycles. The van der Waals surface area contributed by atoms with Crippen molar-refractivity contribution in [2.45, 2.75) is 13.8 Å². The Bertz CT molecular complexity index is 744. The summed E-state index contributed by atoms with van der Waals surface area (Å²) in [7, 11) is 3.34. The van der Waals surface area contributed by atoms with Gasteiger partial charge < -0.3 is 19.7 Å². The first-order chi connectivity index (χ1) is 13.0. The second-order valence-electron chi connectivity index (χ2n) is 6.92. The molecule has 1 N–H and O–H groups in total. The molecule has 0 saturated carbocycles. The van der Waals surface area contributed by atoms with E-state index in [1.807, 2.05) is 26.0 Å². The smallest absolute Gasteiger partial charge is 0.222 e. The fraction of sp³-hybridized carbons (Fsp3) is 0.579. The van der Waals surface area contributed by atoms with Gasteiger partial charge in [0.25, 0.3) is 0 Å². The van der Waals surface area contributed by atoms with Crippen LogP contribution in [0.25, 0.3) is 10.2 Å². The number of anilines is 1. The van der Waals surface area contributed by atoms with Crippen molar-refractivity contribution >= 4 is 32.6 Å². The zero-order chi connectivity index (χ0) is 19.4. The number of carbonyl (C=O) groups excluding carboxylic acids is 1. The lowest BCUT2D eigenvalue weighted by molar-refractivity contribution is -0.124. The van der Waals surface area contributed by atoms with Gasteiger partial charge in [-0.2, -0.15) is 0 Å². The van der Waals surface area contributed by atoms with Gasteiger partial charge in [0.2, 0.25) is 5.91 Å². The van der Waals surface area contributed by atoms with Crippen molar-refractivity contribution in [3.63, 3.8) is 0 Å². The van der Waals surface area contributed by atoms with E-state index in [0.29, 0.717) is 6.54 Å². The lowest BCUT2D eigenvalue weighted by atomic mass is 10.2. The van der Waals surface area contributed by atoms with Gasteiger partial charge in [-0.1, -0.05) is 25.2 Å². The van der Waals surface area contributed by atoms with Gasteiger partial charge in [0.05, 0.1) is 14.2 Å². The summed E-state index contributed by atoms with van der Waals surface area (Å²) in [6.07, 6.45) is 0. The van der Waals surface area contributed by atoms with Gasteiger partial charge in [-0.3, -0.25) is 9.69 Å². The predicted molar refractivity (Wildman–Crippen MR) is 109 cm³/mol. The number of ether oxygens (including phenoxy) is 2. The summed E-state index contributed by atoms with van der Waals surface area (Å²) in [5.41, 5.74) is 0.857. The molecule has 0 unspecified atom stereocenters. The minimum absolute atomic E-state index is 0.0369. The van der Waals surface area contributed by atoms with Crippen LogP contribution >= 0.6 is 11.3 Å². The molecule has 1 fully saturated rings. The van der Waals surface area contributed by atoms with Crippen LogP contribution in [0.15, 0.2) is 12.1 Å². The molecule has 1 amide bonds. The van der Waals surface area contributed by atoms with Crippen LogP contribution in [0.2, 0.25) is 0 Å². The van der Waals surface area contributed by atoms with E-state index in [1.54, 1.807) is 25.6 Å². The summed E-state index contributed by atoms with van der Waals surface area (Å²) in [6, 6.07) is 3.82. The number of benzene rings is 1. The Kier molecular flexibility index (Phi) is 6.38. The maximum Gasteiger partial charge on any atom is 0.222 e. The number of nitrogens with zero attached hydrogens (tertiary/aromatic N) is 3. The number of aromatic nitrogens is 1. The number of piperazine rings is 1. The van der Waals surface area contributed by atoms with Crippen LogP contribution < -0.4 is 19.7 Å². The van der Waals surface area contributed by atoms with Crippen LogP contribution in [-0.4, -0.2) is 69.3 Å². The van der Waals surface area contributed by atoms with Crippen molar-refractivity contribution in [3.8, 4) is 11.5 Å². The SMILES string of the molecule is COc1ccc(OC)c2sc(N3CCN(CCNC(=O)C(C)C)CC3)nc12. The molecular weight excluding hydrogens is 364 g/mol. The van der Waals surface area contributed by atoms with Crippen LogP contribution in [0.3, 0.4) is 0 Å². The molecule has 1 saturated heterocycles. The fourth-order valence-corrected chi connectivity index (χ4v) is 4.24. The number of hydrogen-bond donors (Lipinski definition) is 1. The van der Waals surface area contributed by atoms with E-state index >= 15 is 0 Å². The van der Waals surface area contributed by atoms with E-state index in [9.17, 15) is 4.79 Å². The molecule has 148 valence electrons. The van der Waals surface area contributed by atoms with Crippen LogP contribution in [0.5, 0.6) is 11.5 Å². The second-order valence-corrected chi connectivity index (χ2v) is 7.90. The van der Waals surface area contributed by atoms with Crippen LogP contribution in [0, 0.1) is 5.92 Å². The van der Waals surface area contributed by atoms with Gasteiger partial charge in [-0.25, -0.2) is 4.98 Å². The zero-order valence-electron chi connectivity index (χ0n) is 16.4. The van der Waals surface area contributed by atoms with E-state index in [4.69, 9.17) is 14.5 Å². The highest BCUT2D eigenvalue weighted by Crippen LogP contribution is 2.40. The third-order valence-electron chi connectivity index (χ3n) is 4.79. The van der Waals surface area contributed by atoms with Gasteiger partial charge in [0.1, 0.15) is 21.7 Å². The van der Waals surface area contributed by atoms with Crippen molar-refractivity contribution < 1.29 is 14.3 Å². The molecule has 1 aromatic carbocycles. The van der Waals surface area contributed by atoms with Crippen molar-refractivity contribution in [2.75, 3.05) is 58.4 Å². The van der Waals surface area contributed by atoms with Crippen molar-refractivity contribution in [2.24, 2.45) is 5.92 Å². The third kappa shape index (κ3) is 4.44. The predicted octanol–water partition coefficient (Wildman–Crippen LogP) is 2.21. The highest BCUT2D eigenvalue weighted by Gasteiger charge is 2.22. The second kappa shape index (κ2) is 8.75. The number of rotatable bonds is 7. The number of nitrogens with one attached hydrogen (secondary N) is 1. The van der Waals surface area contributed by atoms with Crippen molar-refractivity contribution in [1.29, 1.82) is 0 Å². The number of carbonyl (C=O) groups is 1. The first-order valence-corrected chi connectivity index (χ1v) is 10.1. The molecule has 1 aromatic heterocycles. The Balaban J connectivity index is 1.60. The lowest BCUT2D eigenvalue weighted by Gasteiger charge is -2.34. The standard InChI is InChI=1S/C19H28N4O3S/c1-13(2)18(24)20-7-8-22-9-11-23(12-10-22)19-21-16-14(25-3)5-6-15(26-4)17(16)27-19/h5-6,13H,7-12H2,1-4H3,(H,20,24). The first-order valence-electron chi connectivity index (χ1n) is 9.30.